The Balaban J connectivity index is 2.52. The van der Waals surface area contributed by atoms with Crippen molar-refractivity contribution >= 4 is 5.71 Å². The van der Waals surface area contributed by atoms with Gasteiger partial charge >= 0.3 is 0 Å². The van der Waals surface area contributed by atoms with Crippen LogP contribution in [-0.4, -0.2) is 17.3 Å². The van der Waals surface area contributed by atoms with E-state index in [0.717, 1.165) is 17.0 Å². The molecule has 3 heteroatoms. The summed E-state index contributed by atoms with van der Waals surface area (Å²) in [5.41, 5.74) is 14.2. The number of hydrogen-bond donors (Lipinski definition) is 2. The highest BCUT2D eigenvalue weighted by molar-refractivity contribution is 6.12. The molecule has 0 radical (unpaired) electrons. The highest BCUT2D eigenvalue weighted by Crippen LogP contribution is 2.25. The number of allylic oxidation sites excluding steroid dienone is 3. The lowest BCUT2D eigenvalue weighted by molar-refractivity contribution is 0.751. The van der Waals surface area contributed by atoms with E-state index in [1.54, 1.807) is 0 Å². The smallest absolute Gasteiger partial charge is 0.0746 e. The van der Waals surface area contributed by atoms with Gasteiger partial charge in [-0.05, 0) is 19.9 Å². The van der Waals surface area contributed by atoms with E-state index in [4.69, 9.17) is 11.5 Å². The van der Waals surface area contributed by atoms with Gasteiger partial charge in [0.05, 0.1) is 17.3 Å². The van der Waals surface area contributed by atoms with Crippen molar-refractivity contribution in [3.63, 3.8) is 0 Å². The summed E-state index contributed by atoms with van der Waals surface area (Å²) in [6.07, 6.45) is 7.79. The molecule has 1 aliphatic heterocycles. The van der Waals surface area contributed by atoms with Gasteiger partial charge in [0.1, 0.15) is 0 Å². The molecule has 2 unspecified atom stereocenters. The standard InChI is InChI=1S/C11H15N3/c1-7-6-9(12)8-4-3-5-11(2,13)10(8)14-7/h3-7H,12-13H2,1-2H3. The lowest BCUT2D eigenvalue weighted by atomic mass is 9.83. The number of aliphatic imine (C=N–C) groups is 1. The van der Waals surface area contributed by atoms with Crippen LogP contribution in [0.1, 0.15) is 13.8 Å². The van der Waals surface area contributed by atoms with Crippen LogP contribution < -0.4 is 11.5 Å². The second-order valence-corrected chi connectivity index (χ2v) is 4.06. The fourth-order valence-electron chi connectivity index (χ4n) is 1.82. The number of fused-ring (bicyclic) bond motifs is 1. The van der Waals surface area contributed by atoms with Crippen LogP contribution in [0.4, 0.5) is 0 Å². The molecule has 0 aromatic carbocycles. The summed E-state index contributed by atoms with van der Waals surface area (Å²) in [4.78, 5) is 4.52. The van der Waals surface area contributed by atoms with Gasteiger partial charge in [-0.25, -0.2) is 0 Å². The minimum absolute atomic E-state index is 0.122. The Morgan fingerprint density at radius 1 is 1.50 bits per heavy atom. The van der Waals surface area contributed by atoms with Gasteiger partial charge in [-0.3, -0.25) is 4.99 Å². The van der Waals surface area contributed by atoms with Gasteiger partial charge in [-0.1, -0.05) is 18.2 Å². The normalized spacial score (nSPS) is 35.6. The van der Waals surface area contributed by atoms with E-state index in [0.29, 0.717) is 0 Å². The molecule has 0 fully saturated rings. The van der Waals surface area contributed by atoms with Crippen LogP contribution in [0.15, 0.2) is 40.6 Å². The second kappa shape index (κ2) is 2.82. The maximum atomic E-state index is 6.12. The molecule has 0 bridgehead atoms. The van der Waals surface area contributed by atoms with E-state index in [1.807, 2.05) is 38.2 Å². The number of dihydropyridines is 1. The molecule has 0 aromatic heterocycles. The van der Waals surface area contributed by atoms with Gasteiger partial charge in [0.25, 0.3) is 0 Å². The highest BCUT2D eigenvalue weighted by atomic mass is 14.9. The van der Waals surface area contributed by atoms with Crippen LogP contribution in [-0.2, 0) is 0 Å². The largest absolute Gasteiger partial charge is 0.398 e. The van der Waals surface area contributed by atoms with Gasteiger partial charge in [-0.15, -0.1) is 0 Å². The van der Waals surface area contributed by atoms with Gasteiger partial charge < -0.3 is 11.5 Å². The third-order valence-corrected chi connectivity index (χ3v) is 2.54. The molecule has 0 aromatic rings. The summed E-state index contributed by atoms with van der Waals surface area (Å²) in [6, 6.07) is 0.122. The molecular weight excluding hydrogens is 174 g/mol. The summed E-state index contributed by atoms with van der Waals surface area (Å²) in [5.74, 6) is 0. The van der Waals surface area contributed by atoms with Crippen molar-refractivity contribution in [1.82, 2.24) is 0 Å². The van der Waals surface area contributed by atoms with Gasteiger partial charge in [-0.2, -0.15) is 0 Å². The maximum Gasteiger partial charge on any atom is 0.0746 e. The van der Waals surface area contributed by atoms with Crippen LogP contribution in [0, 0.1) is 0 Å². The first kappa shape index (κ1) is 9.21. The minimum atomic E-state index is -0.489. The molecule has 0 saturated heterocycles. The first-order chi connectivity index (χ1) is 6.50. The molecule has 0 saturated carbocycles. The molecule has 2 rings (SSSR count). The molecule has 14 heavy (non-hydrogen) atoms. The monoisotopic (exact) mass is 189 g/mol. The highest BCUT2D eigenvalue weighted by Gasteiger charge is 2.31. The average molecular weight is 189 g/mol. The van der Waals surface area contributed by atoms with Crippen LogP contribution in [0.25, 0.3) is 0 Å². The number of hydrogen-bond acceptors (Lipinski definition) is 3. The van der Waals surface area contributed by atoms with Crippen molar-refractivity contribution in [3.05, 3.63) is 35.6 Å². The Kier molecular flexibility index (Phi) is 1.86. The van der Waals surface area contributed by atoms with E-state index >= 15 is 0 Å². The van der Waals surface area contributed by atoms with Crippen molar-refractivity contribution in [2.75, 3.05) is 0 Å². The molecular formula is C11H15N3. The molecule has 2 atom stereocenters. The van der Waals surface area contributed by atoms with Crippen molar-refractivity contribution in [2.24, 2.45) is 16.5 Å². The van der Waals surface area contributed by atoms with Crippen molar-refractivity contribution < 1.29 is 0 Å². The molecule has 1 aliphatic carbocycles. The average Bonchev–Trinajstić information content (AvgIpc) is 2.06. The maximum absolute atomic E-state index is 6.12. The topological polar surface area (TPSA) is 64.4 Å². The SMILES string of the molecule is CC1C=C(N)C2=CC=CC(C)(N)C2=N1. The minimum Gasteiger partial charge on any atom is -0.398 e. The van der Waals surface area contributed by atoms with Crippen molar-refractivity contribution in [2.45, 2.75) is 25.4 Å². The Labute approximate surface area is 83.9 Å². The fourth-order valence-corrected chi connectivity index (χ4v) is 1.82. The van der Waals surface area contributed by atoms with Crippen molar-refractivity contribution in [1.29, 1.82) is 0 Å². The molecule has 0 spiro atoms. The zero-order chi connectivity index (χ0) is 10.3. The van der Waals surface area contributed by atoms with E-state index in [2.05, 4.69) is 4.99 Å². The van der Waals surface area contributed by atoms with E-state index in [-0.39, 0.29) is 6.04 Å². The third kappa shape index (κ3) is 1.30. The Morgan fingerprint density at radius 3 is 2.93 bits per heavy atom. The quantitative estimate of drug-likeness (QED) is 0.594. The van der Waals surface area contributed by atoms with Gasteiger partial charge in [0.15, 0.2) is 0 Å². The van der Waals surface area contributed by atoms with E-state index < -0.39 is 5.54 Å². The number of nitrogens with zero attached hydrogens (tertiary/aromatic N) is 1. The Morgan fingerprint density at radius 2 is 2.21 bits per heavy atom. The Bertz CT molecular complexity index is 383. The summed E-state index contributed by atoms with van der Waals surface area (Å²) in [6.45, 7) is 3.95. The molecule has 4 N–H and O–H groups in total. The summed E-state index contributed by atoms with van der Waals surface area (Å²) >= 11 is 0. The van der Waals surface area contributed by atoms with Gasteiger partial charge in [0, 0.05) is 11.3 Å². The van der Waals surface area contributed by atoms with E-state index in [9.17, 15) is 0 Å². The summed E-state index contributed by atoms with van der Waals surface area (Å²) in [7, 11) is 0. The van der Waals surface area contributed by atoms with Crippen molar-refractivity contribution in [3.8, 4) is 0 Å². The zero-order valence-electron chi connectivity index (χ0n) is 8.49. The molecule has 3 nitrogen and oxygen atoms in total. The molecule has 74 valence electrons. The molecule has 1 heterocycles. The predicted molar refractivity (Wildman–Crippen MR) is 59.0 cm³/mol. The summed E-state index contributed by atoms with van der Waals surface area (Å²) in [5, 5.41) is 0. The van der Waals surface area contributed by atoms with Crippen LogP contribution in [0.2, 0.25) is 0 Å². The first-order valence-electron chi connectivity index (χ1n) is 4.75. The van der Waals surface area contributed by atoms with E-state index in [1.165, 1.54) is 0 Å². The number of nitrogens with two attached hydrogens (primary N) is 2. The predicted octanol–water partition coefficient (Wildman–Crippen LogP) is 0.886. The second-order valence-electron chi connectivity index (χ2n) is 4.06. The lowest BCUT2D eigenvalue weighted by Crippen LogP contribution is -2.47. The van der Waals surface area contributed by atoms with Crippen LogP contribution >= 0.6 is 0 Å². The molecule has 0 amide bonds. The van der Waals surface area contributed by atoms with Crippen LogP contribution in [0.3, 0.4) is 0 Å². The number of rotatable bonds is 0. The first-order valence-corrected chi connectivity index (χ1v) is 4.75. The third-order valence-electron chi connectivity index (χ3n) is 2.54. The van der Waals surface area contributed by atoms with Crippen LogP contribution in [0.5, 0.6) is 0 Å². The molecule has 2 aliphatic rings. The zero-order valence-corrected chi connectivity index (χ0v) is 8.49. The Hall–Kier alpha value is -1.35. The fraction of sp³-hybridized carbons (Fsp3) is 0.364. The lowest BCUT2D eigenvalue weighted by Gasteiger charge is -2.31. The van der Waals surface area contributed by atoms with Gasteiger partial charge in [0.2, 0.25) is 0 Å². The summed E-state index contributed by atoms with van der Waals surface area (Å²) < 4.78 is 0.